The zero-order valence-electron chi connectivity index (χ0n) is 23.1. The summed E-state index contributed by atoms with van der Waals surface area (Å²) in [6.45, 7) is 6.19. The fraction of sp³-hybridized carbons (Fsp3) is 0.0857. The van der Waals surface area contributed by atoms with Crippen molar-refractivity contribution in [3.63, 3.8) is 0 Å². The fourth-order valence-electron chi connectivity index (χ4n) is 4.97. The van der Waals surface area contributed by atoms with Gasteiger partial charge >= 0.3 is 5.97 Å². The normalized spacial score (nSPS) is 12.6. The van der Waals surface area contributed by atoms with Gasteiger partial charge in [-0.05, 0) is 81.9 Å². The van der Waals surface area contributed by atoms with Gasteiger partial charge in [-0.25, -0.2) is 4.79 Å². The molecule has 0 saturated heterocycles. The molecule has 4 aromatic carbocycles. The summed E-state index contributed by atoms with van der Waals surface area (Å²) in [6.07, 6.45) is 8.30. The number of allylic oxidation sites excluding steroid dienone is 5. The highest BCUT2D eigenvalue weighted by Crippen LogP contribution is 2.33. The largest absolute Gasteiger partial charge is 0.478 e. The number of carboxylic acid groups (broad SMARTS) is 1. The first kappa shape index (κ1) is 28.5. The van der Waals surface area contributed by atoms with E-state index in [9.17, 15) is 9.90 Å². The van der Waals surface area contributed by atoms with Crippen LogP contribution in [0.1, 0.15) is 39.9 Å². The van der Waals surface area contributed by atoms with Gasteiger partial charge in [0.2, 0.25) is 0 Å². The van der Waals surface area contributed by atoms with E-state index in [4.69, 9.17) is 11.6 Å². The molecule has 0 bridgehead atoms. The lowest BCUT2D eigenvalue weighted by molar-refractivity contribution is 0.0697. The van der Waals surface area contributed by atoms with Crippen molar-refractivity contribution >= 4 is 23.1 Å². The van der Waals surface area contributed by atoms with Crippen LogP contribution in [-0.4, -0.2) is 31.3 Å². The van der Waals surface area contributed by atoms with Crippen molar-refractivity contribution in [2.45, 2.75) is 19.3 Å². The Morgan fingerprint density at radius 1 is 0.952 bits per heavy atom. The van der Waals surface area contributed by atoms with Crippen LogP contribution >= 0.6 is 11.6 Å². The predicted molar refractivity (Wildman–Crippen MR) is 168 cm³/mol. The highest BCUT2D eigenvalue weighted by atomic mass is 35.5. The SMILES string of the molecule is C=C/C(=C\C=C(/C)[C@H](Cc1ccccc1)c1cccc(-c2cccc(C(=O)O)c2)c1)c1cc(Cl)ccc1-n1cnnn1. The molecular weight excluding hydrogens is 544 g/mol. The lowest BCUT2D eigenvalue weighted by Gasteiger charge is -2.20. The zero-order chi connectivity index (χ0) is 29.5. The van der Waals surface area contributed by atoms with E-state index in [2.05, 4.69) is 71.5 Å². The molecule has 7 heteroatoms. The van der Waals surface area contributed by atoms with Gasteiger partial charge in [0.25, 0.3) is 0 Å². The Kier molecular flexibility index (Phi) is 8.85. The van der Waals surface area contributed by atoms with E-state index in [0.29, 0.717) is 5.02 Å². The minimum atomic E-state index is -0.943. The molecule has 5 rings (SSSR count). The van der Waals surface area contributed by atoms with Gasteiger partial charge in [-0.3, -0.25) is 0 Å². The van der Waals surface area contributed by atoms with Gasteiger partial charge in [-0.2, -0.15) is 4.68 Å². The third-order valence-electron chi connectivity index (χ3n) is 7.18. The summed E-state index contributed by atoms with van der Waals surface area (Å²) >= 11 is 6.38. The van der Waals surface area contributed by atoms with Gasteiger partial charge in [-0.1, -0.05) is 109 Å². The number of nitrogens with zero attached hydrogens (tertiary/aromatic N) is 4. The van der Waals surface area contributed by atoms with E-state index >= 15 is 0 Å². The minimum absolute atomic E-state index is 0.0654. The molecule has 1 atom stereocenters. The molecule has 0 amide bonds. The Hall–Kier alpha value is -5.07. The number of carboxylic acids is 1. The fourth-order valence-corrected chi connectivity index (χ4v) is 5.15. The van der Waals surface area contributed by atoms with Gasteiger partial charge in [0.15, 0.2) is 0 Å². The molecule has 0 aliphatic carbocycles. The molecule has 0 aliphatic heterocycles. The van der Waals surface area contributed by atoms with Crippen LogP contribution in [0.3, 0.4) is 0 Å². The first-order valence-corrected chi connectivity index (χ1v) is 13.8. The number of rotatable bonds is 10. The second kappa shape index (κ2) is 13.1. The number of aromatic nitrogens is 4. The monoisotopic (exact) mass is 572 g/mol. The maximum atomic E-state index is 11.6. The van der Waals surface area contributed by atoms with Crippen molar-refractivity contribution in [1.29, 1.82) is 0 Å². The van der Waals surface area contributed by atoms with Crippen LogP contribution in [-0.2, 0) is 6.42 Å². The minimum Gasteiger partial charge on any atom is -0.478 e. The van der Waals surface area contributed by atoms with Crippen LogP contribution in [0.2, 0.25) is 5.02 Å². The van der Waals surface area contributed by atoms with Crippen LogP contribution in [0.5, 0.6) is 0 Å². The third-order valence-corrected chi connectivity index (χ3v) is 7.41. The van der Waals surface area contributed by atoms with Gasteiger partial charge in [-0.15, -0.1) is 5.10 Å². The van der Waals surface area contributed by atoms with E-state index in [0.717, 1.165) is 45.5 Å². The lowest BCUT2D eigenvalue weighted by Crippen LogP contribution is -2.05. The molecule has 5 aromatic rings. The molecule has 208 valence electrons. The molecule has 0 unspecified atom stereocenters. The molecule has 0 aliphatic rings. The van der Waals surface area contributed by atoms with Crippen LogP contribution in [0.15, 0.2) is 134 Å². The van der Waals surface area contributed by atoms with Crippen molar-refractivity contribution in [3.8, 4) is 16.8 Å². The third kappa shape index (κ3) is 6.62. The summed E-state index contributed by atoms with van der Waals surface area (Å²) in [7, 11) is 0. The Morgan fingerprint density at radius 2 is 1.71 bits per heavy atom. The van der Waals surface area contributed by atoms with Crippen molar-refractivity contribution in [2.75, 3.05) is 0 Å². The summed E-state index contributed by atoms with van der Waals surface area (Å²) in [5.41, 5.74) is 8.12. The second-order valence-corrected chi connectivity index (χ2v) is 10.3. The average Bonchev–Trinajstić information content (AvgIpc) is 3.56. The zero-order valence-corrected chi connectivity index (χ0v) is 23.8. The molecule has 1 aromatic heterocycles. The first-order chi connectivity index (χ1) is 20.4. The highest BCUT2D eigenvalue weighted by Gasteiger charge is 2.16. The molecule has 0 saturated carbocycles. The van der Waals surface area contributed by atoms with Gasteiger partial charge in [0.1, 0.15) is 6.33 Å². The van der Waals surface area contributed by atoms with Gasteiger partial charge in [0.05, 0.1) is 11.3 Å². The Labute approximate surface area is 249 Å². The summed E-state index contributed by atoms with van der Waals surface area (Å²) < 4.78 is 1.60. The number of benzene rings is 4. The average molecular weight is 573 g/mol. The number of carbonyl (C=O) groups is 1. The molecule has 1 N–H and O–H groups in total. The molecule has 42 heavy (non-hydrogen) atoms. The maximum absolute atomic E-state index is 11.6. The predicted octanol–water partition coefficient (Wildman–Crippen LogP) is 8.22. The second-order valence-electron chi connectivity index (χ2n) is 9.91. The Bertz CT molecular complexity index is 1780. The van der Waals surface area contributed by atoms with Crippen LogP contribution < -0.4 is 0 Å². The smallest absolute Gasteiger partial charge is 0.335 e. The van der Waals surface area contributed by atoms with E-state index in [-0.39, 0.29) is 11.5 Å². The number of tetrazole rings is 1. The molecule has 1 heterocycles. The van der Waals surface area contributed by atoms with E-state index < -0.39 is 5.97 Å². The van der Waals surface area contributed by atoms with Crippen LogP contribution in [0, 0.1) is 0 Å². The Balaban J connectivity index is 1.55. The van der Waals surface area contributed by atoms with E-state index in [1.54, 1.807) is 41.4 Å². The first-order valence-electron chi connectivity index (χ1n) is 13.4. The molecule has 0 spiro atoms. The maximum Gasteiger partial charge on any atom is 0.335 e. The summed E-state index contributed by atoms with van der Waals surface area (Å²) in [5.74, 6) is -0.878. The van der Waals surface area contributed by atoms with Gasteiger partial charge in [0, 0.05) is 16.5 Å². The lowest BCUT2D eigenvalue weighted by atomic mass is 9.84. The molecule has 0 fully saturated rings. The van der Waals surface area contributed by atoms with Gasteiger partial charge < -0.3 is 5.11 Å². The number of hydrogen-bond donors (Lipinski definition) is 1. The molecular formula is C35H29ClN4O2. The van der Waals surface area contributed by atoms with Crippen molar-refractivity contribution in [2.24, 2.45) is 0 Å². The number of aromatic carboxylic acids is 1. The summed E-state index contributed by atoms with van der Waals surface area (Å²) in [5, 5.41) is 21.7. The van der Waals surface area contributed by atoms with E-state index in [1.807, 2.05) is 42.5 Å². The topological polar surface area (TPSA) is 80.9 Å². The van der Waals surface area contributed by atoms with E-state index in [1.165, 1.54) is 5.56 Å². The van der Waals surface area contributed by atoms with Crippen molar-refractivity contribution < 1.29 is 9.90 Å². The van der Waals surface area contributed by atoms with Crippen molar-refractivity contribution in [3.05, 3.63) is 161 Å². The standard InChI is InChI=1S/C35H29ClN4O2/c1-3-26(33-22-31(36)17-18-34(33)40-23-37-38-39-40)16-15-24(2)32(19-25-9-5-4-6-10-25)29-13-7-11-27(20-29)28-12-8-14-30(21-28)35(41)42/h3-18,20-23,32H,1,19H2,2H3,(H,41,42)/b24-15+,26-16+/t32-/m0/s1. The highest BCUT2D eigenvalue weighted by molar-refractivity contribution is 6.30. The van der Waals surface area contributed by atoms with Crippen molar-refractivity contribution in [1.82, 2.24) is 20.2 Å². The van der Waals surface area contributed by atoms with Crippen LogP contribution in [0.4, 0.5) is 0 Å². The number of hydrogen-bond acceptors (Lipinski definition) is 4. The van der Waals surface area contributed by atoms with Crippen LogP contribution in [0.25, 0.3) is 22.4 Å². The Morgan fingerprint density at radius 3 is 2.43 bits per heavy atom. The quantitative estimate of drug-likeness (QED) is 0.170. The molecule has 6 nitrogen and oxygen atoms in total. The number of halogens is 1. The summed E-state index contributed by atoms with van der Waals surface area (Å²) in [6, 6.07) is 31.3. The molecule has 0 radical (unpaired) electrons. The summed E-state index contributed by atoms with van der Waals surface area (Å²) in [4.78, 5) is 11.6.